The quantitative estimate of drug-likeness (QED) is 0.899. The average molecular weight is 354 g/mol. The van der Waals surface area contributed by atoms with Gasteiger partial charge in [-0.2, -0.15) is 5.10 Å². The van der Waals surface area contributed by atoms with Crippen molar-refractivity contribution in [2.24, 2.45) is 11.1 Å². The molecule has 5 nitrogen and oxygen atoms in total. The molecule has 0 bridgehead atoms. The number of carbonyl (C=O) groups is 1. The SMILES string of the molecule is CC(C)(C)c1nn(-c2ccccc2)cc1C(=O)N1CCC(N)C(C)(C)C1. The van der Waals surface area contributed by atoms with Crippen LogP contribution in [0.2, 0.25) is 0 Å². The first-order chi connectivity index (χ1) is 12.1. The van der Waals surface area contributed by atoms with Gasteiger partial charge in [-0.1, -0.05) is 52.8 Å². The molecule has 2 N–H and O–H groups in total. The van der Waals surface area contributed by atoms with Crippen molar-refractivity contribution in [3.8, 4) is 5.69 Å². The summed E-state index contributed by atoms with van der Waals surface area (Å²) in [6.45, 7) is 11.9. The average Bonchev–Trinajstić information content (AvgIpc) is 3.03. The first-order valence-corrected chi connectivity index (χ1v) is 9.30. The Morgan fingerprint density at radius 3 is 2.46 bits per heavy atom. The van der Waals surface area contributed by atoms with Crippen LogP contribution >= 0.6 is 0 Å². The smallest absolute Gasteiger partial charge is 0.257 e. The monoisotopic (exact) mass is 354 g/mol. The van der Waals surface area contributed by atoms with Crippen LogP contribution in [0.15, 0.2) is 36.5 Å². The van der Waals surface area contributed by atoms with Gasteiger partial charge in [-0.15, -0.1) is 0 Å². The summed E-state index contributed by atoms with van der Waals surface area (Å²) < 4.78 is 1.81. The number of hydrogen-bond donors (Lipinski definition) is 1. The summed E-state index contributed by atoms with van der Waals surface area (Å²) in [6, 6.07) is 10.0. The highest BCUT2D eigenvalue weighted by atomic mass is 16.2. The second-order valence-electron chi connectivity index (χ2n) is 9.03. The second-order valence-corrected chi connectivity index (χ2v) is 9.03. The lowest BCUT2D eigenvalue weighted by Crippen LogP contribution is -2.54. The highest BCUT2D eigenvalue weighted by Gasteiger charge is 2.37. The van der Waals surface area contributed by atoms with E-state index >= 15 is 0 Å². The standard InChI is InChI=1S/C21H30N4O/c1-20(2,3)18-16(13-25(23-18)15-9-7-6-8-10-15)19(26)24-12-11-17(22)21(4,5)14-24/h6-10,13,17H,11-12,14,22H2,1-5H3. The van der Waals surface area contributed by atoms with Gasteiger partial charge in [0.15, 0.2) is 0 Å². The molecule has 0 radical (unpaired) electrons. The number of aromatic nitrogens is 2. The minimum Gasteiger partial charge on any atom is -0.338 e. The normalized spacial score (nSPS) is 20.2. The zero-order valence-electron chi connectivity index (χ0n) is 16.5. The van der Waals surface area contributed by atoms with Crippen LogP contribution in [0, 0.1) is 5.41 Å². The van der Waals surface area contributed by atoms with Crippen molar-refractivity contribution in [2.45, 2.75) is 52.5 Å². The summed E-state index contributed by atoms with van der Waals surface area (Å²) in [7, 11) is 0. The number of hydrogen-bond acceptors (Lipinski definition) is 3. The van der Waals surface area contributed by atoms with E-state index in [1.54, 1.807) is 0 Å². The summed E-state index contributed by atoms with van der Waals surface area (Å²) in [6.07, 6.45) is 2.70. The fraction of sp³-hybridized carbons (Fsp3) is 0.524. The Balaban J connectivity index is 1.98. The van der Waals surface area contributed by atoms with Crippen molar-refractivity contribution in [3.05, 3.63) is 47.8 Å². The van der Waals surface area contributed by atoms with Crippen LogP contribution in [-0.4, -0.2) is 39.7 Å². The second kappa shape index (κ2) is 6.54. The Labute approximate surface area is 156 Å². The summed E-state index contributed by atoms with van der Waals surface area (Å²) in [4.78, 5) is 15.3. The van der Waals surface area contributed by atoms with Gasteiger partial charge in [0.25, 0.3) is 5.91 Å². The minimum atomic E-state index is -0.216. The van der Waals surface area contributed by atoms with Crippen molar-refractivity contribution >= 4 is 5.91 Å². The number of piperidine rings is 1. The molecule has 26 heavy (non-hydrogen) atoms. The van der Waals surface area contributed by atoms with E-state index in [4.69, 9.17) is 10.8 Å². The van der Waals surface area contributed by atoms with Crippen molar-refractivity contribution in [1.82, 2.24) is 14.7 Å². The van der Waals surface area contributed by atoms with Crippen LogP contribution in [0.5, 0.6) is 0 Å². The molecule has 1 aromatic carbocycles. The lowest BCUT2D eigenvalue weighted by Gasteiger charge is -2.42. The van der Waals surface area contributed by atoms with Gasteiger partial charge in [0.05, 0.1) is 16.9 Å². The largest absolute Gasteiger partial charge is 0.338 e. The van der Waals surface area contributed by atoms with Gasteiger partial charge in [0.2, 0.25) is 0 Å². The zero-order valence-corrected chi connectivity index (χ0v) is 16.5. The minimum absolute atomic E-state index is 0.0529. The van der Waals surface area contributed by atoms with E-state index in [2.05, 4.69) is 34.6 Å². The van der Waals surface area contributed by atoms with Crippen LogP contribution in [0.3, 0.4) is 0 Å². The van der Waals surface area contributed by atoms with Gasteiger partial charge in [-0.3, -0.25) is 4.79 Å². The molecular formula is C21H30N4O. The zero-order chi connectivity index (χ0) is 19.1. The van der Waals surface area contributed by atoms with Crippen LogP contribution < -0.4 is 5.73 Å². The van der Waals surface area contributed by atoms with Gasteiger partial charge in [-0.25, -0.2) is 4.68 Å². The van der Waals surface area contributed by atoms with Crippen LogP contribution in [0.4, 0.5) is 0 Å². The van der Waals surface area contributed by atoms with Gasteiger partial charge < -0.3 is 10.6 Å². The predicted octanol–water partition coefficient (Wildman–Crippen LogP) is 3.37. The maximum atomic E-state index is 13.3. The fourth-order valence-corrected chi connectivity index (χ4v) is 3.51. The molecule has 3 rings (SSSR count). The molecule has 1 amide bonds. The molecule has 1 saturated heterocycles. The van der Waals surface area contributed by atoms with E-state index in [1.807, 2.05) is 46.1 Å². The number of para-hydroxylation sites is 1. The summed E-state index contributed by atoms with van der Waals surface area (Å²) in [5.74, 6) is 0.0529. The van der Waals surface area contributed by atoms with Gasteiger partial charge in [-0.05, 0) is 24.0 Å². The van der Waals surface area contributed by atoms with Crippen molar-refractivity contribution in [2.75, 3.05) is 13.1 Å². The molecule has 5 heteroatoms. The molecule has 0 saturated carbocycles. The van der Waals surface area contributed by atoms with Crippen molar-refractivity contribution in [3.63, 3.8) is 0 Å². The van der Waals surface area contributed by atoms with Crippen molar-refractivity contribution < 1.29 is 4.79 Å². The number of amides is 1. The molecule has 2 aromatic rings. The third-order valence-corrected chi connectivity index (χ3v) is 5.28. The lowest BCUT2D eigenvalue weighted by molar-refractivity contribution is 0.0530. The van der Waals surface area contributed by atoms with Crippen LogP contribution in [-0.2, 0) is 5.41 Å². The van der Waals surface area contributed by atoms with E-state index < -0.39 is 0 Å². The van der Waals surface area contributed by atoms with Crippen molar-refractivity contribution in [1.29, 1.82) is 0 Å². The Morgan fingerprint density at radius 2 is 1.88 bits per heavy atom. The van der Waals surface area contributed by atoms with Gasteiger partial charge in [0, 0.05) is 30.7 Å². The van der Waals surface area contributed by atoms with Gasteiger partial charge in [0.1, 0.15) is 0 Å². The Hall–Kier alpha value is -2.14. The molecule has 2 heterocycles. The first-order valence-electron chi connectivity index (χ1n) is 9.30. The Morgan fingerprint density at radius 1 is 1.23 bits per heavy atom. The summed E-state index contributed by atoms with van der Waals surface area (Å²) in [5, 5.41) is 4.76. The lowest BCUT2D eigenvalue weighted by atomic mass is 9.79. The van der Waals surface area contributed by atoms with Gasteiger partial charge >= 0.3 is 0 Å². The number of benzene rings is 1. The number of likely N-dealkylation sites (tertiary alicyclic amines) is 1. The molecule has 0 aliphatic carbocycles. The number of rotatable bonds is 2. The molecule has 1 fully saturated rings. The highest BCUT2D eigenvalue weighted by molar-refractivity contribution is 5.95. The van der Waals surface area contributed by atoms with E-state index in [9.17, 15) is 4.79 Å². The third kappa shape index (κ3) is 3.54. The number of carbonyl (C=O) groups excluding carboxylic acids is 1. The summed E-state index contributed by atoms with van der Waals surface area (Å²) >= 11 is 0. The molecule has 140 valence electrons. The number of nitrogens with zero attached hydrogens (tertiary/aromatic N) is 3. The molecule has 1 aliphatic heterocycles. The molecule has 1 unspecified atom stereocenters. The third-order valence-electron chi connectivity index (χ3n) is 5.28. The van der Waals surface area contributed by atoms with E-state index in [0.717, 1.165) is 17.8 Å². The molecular weight excluding hydrogens is 324 g/mol. The van der Waals surface area contributed by atoms with E-state index in [1.165, 1.54) is 0 Å². The molecule has 0 spiro atoms. The molecule has 1 atom stereocenters. The fourth-order valence-electron chi connectivity index (χ4n) is 3.51. The first kappa shape index (κ1) is 18.6. The number of nitrogens with two attached hydrogens (primary N) is 1. The molecule has 1 aromatic heterocycles. The molecule has 1 aliphatic rings. The predicted molar refractivity (Wildman–Crippen MR) is 105 cm³/mol. The summed E-state index contributed by atoms with van der Waals surface area (Å²) in [5.41, 5.74) is 8.42. The Kier molecular flexibility index (Phi) is 4.69. The van der Waals surface area contributed by atoms with E-state index in [0.29, 0.717) is 18.7 Å². The maximum absolute atomic E-state index is 13.3. The van der Waals surface area contributed by atoms with Crippen LogP contribution in [0.1, 0.15) is 57.1 Å². The van der Waals surface area contributed by atoms with Crippen LogP contribution in [0.25, 0.3) is 5.69 Å². The topological polar surface area (TPSA) is 64.2 Å². The maximum Gasteiger partial charge on any atom is 0.257 e. The highest BCUT2D eigenvalue weighted by Crippen LogP contribution is 2.31. The Bertz CT molecular complexity index is 786. The van der Waals surface area contributed by atoms with E-state index in [-0.39, 0.29) is 22.8 Å².